The number of aryl methyl sites for hydroxylation is 2. The van der Waals surface area contributed by atoms with E-state index in [9.17, 15) is 9.59 Å². The van der Waals surface area contributed by atoms with Gasteiger partial charge in [-0.15, -0.1) is 11.3 Å². The fourth-order valence-corrected chi connectivity index (χ4v) is 2.76. The second kappa shape index (κ2) is 8.25. The van der Waals surface area contributed by atoms with Crippen molar-refractivity contribution < 1.29 is 14.3 Å². The second-order valence-corrected chi connectivity index (χ2v) is 5.72. The molecular formula is C15H18N4O3S. The number of hydrogen-bond acceptors (Lipinski definition) is 6. The predicted molar refractivity (Wildman–Crippen MR) is 87.8 cm³/mol. The first kappa shape index (κ1) is 16.9. The summed E-state index contributed by atoms with van der Waals surface area (Å²) in [4.78, 5) is 26.3. The van der Waals surface area contributed by atoms with E-state index < -0.39 is 6.09 Å². The number of ether oxygens (including phenoxy) is 1. The van der Waals surface area contributed by atoms with Crippen LogP contribution in [0.3, 0.4) is 0 Å². The number of hydrazine groups is 1. The molecule has 0 aliphatic rings. The van der Waals surface area contributed by atoms with E-state index in [4.69, 9.17) is 10.6 Å². The van der Waals surface area contributed by atoms with Crippen LogP contribution in [-0.4, -0.2) is 17.0 Å². The maximum absolute atomic E-state index is 11.0. The molecular weight excluding hydrogens is 316 g/mol. The van der Waals surface area contributed by atoms with Crippen molar-refractivity contribution >= 4 is 28.5 Å². The van der Waals surface area contributed by atoms with Crippen LogP contribution in [0.2, 0.25) is 0 Å². The Kier molecular flexibility index (Phi) is 6.07. The molecule has 0 spiro atoms. The number of nitrogens with zero attached hydrogens (tertiary/aromatic N) is 1. The minimum atomic E-state index is -0.664. The van der Waals surface area contributed by atoms with Crippen LogP contribution in [0.5, 0.6) is 0 Å². The van der Waals surface area contributed by atoms with Gasteiger partial charge in [0.05, 0.1) is 5.69 Å². The van der Waals surface area contributed by atoms with Crippen molar-refractivity contribution in [1.82, 2.24) is 10.4 Å². The minimum Gasteiger partial charge on any atom is -0.444 e. The average Bonchev–Trinajstić information content (AvgIpc) is 2.97. The molecule has 0 bridgehead atoms. The summed E-state index contributed by atoms with van der Waals surface area (Å²) in [6, 6.07) is 7.78. The SMILES string of the molecule is CC(=O)Nc1nc(CCc2cccc(COC(=O)NN)c2)cs1. The molecule has 1 aromatic heterocycles. The van der Waals surface area contributed by atoms with Crippen LogP contribution in [0.4, 0.5) is 9.93 Å². The van der Waals surface area contributed by atoms with Crippen molar-refractivity contribution in [3.8, 4) is 0 Å². The number of hydrogen-bond donors (Lipinski definition) is 3. The molecule has 7 nitrogen and oxygen atoms in total. The predicted octanol–water partition coefficient (Wildman–Crippen LogP) is 1.99. The molecule has 2 aromatic rings. The van der Waals surface area contributed by atoms with Gasteiger partial charge in [0.15, 0.2) is 5.13 Å². The van der Waals surface area contributed by atoms with E-state index in [0.29, 0.717) is 5.13 Å². The van der Waals surface area contributed by atoms with Crippen molar-refractivity contribution in [2.24, 2.45) is 5.84 Å². The molecule has 0 saturated heterocycles. The van der Waals surface area contributed by atoms with Gasteiger partial charge in [0.25, 0.3) is 0 Å². The maximum Gasteiger partial charge on any atom is 0.421 e. The Bertz CT molecular complexity index is 687. The van der Waals surface area contributed by atoms with Crippen molar-refractivity contribution in [3.05, 3.63) is 46.5 Å². The summed E-state index contributed by atoms with van der Waals surface area (Å²) in [6.45, 7) is 1.62. The van der Waals surface area contributed by atoms with Gasteiger partial charge < -0.3 is 10.1 Å². The number of rotatable bonds is 6. The number of amides is 2. The topological polar surface area (TPSA) is 106 Å². The first-order chi connectivity index (χ1) is 11.1. The largest absolute Gasteiger partial charge is 0.444 e. The normalized spacial score (nSPS) is 10.2. The van der Waals surface area contributed by atoms with E-state index in [1.807, 2.05) is 35.1 Å². The number of nitrogens with two attached hydrogens (primary N) is 1. The smallest absolute Gasteiger partial charge is 0.421 e. The lowest BCUT2D eigenvalue weighted by molar-refractivity contribution is -0.114. The van der Waals surface area contributed by atoms with Crippen molar-refractivity contribution in [3.63, 3.8) is 0 Å². The Morgan fingerprint density at radius 3 is 2.83 bits per heavy atom. The van der Waals surface area contributed by atoms with Gasteiger partial charge in [-0.3, -0.25) is 10.2 Å². The van der Waals surface area contributed by atoms with Gasteiger partial charge in [-0.1, -0.05) is 24.3 Å². The molecule has 0 unspecified atom stereocenters. The molecule has 0 atom stereocenters. The molecule has 0 radical (unpaired) electrons. The van der Waals surface area contributed by atoms with E-state index in [-0.39, 0.29) is 12.5 Å². The monoisotopic (exact) mass is 334 g/mol. The van der Waals surface area contributed by atoms with Crippen LogP contribution in [-0.2, 0) is 29.0 Å². The van der Waals surface area contributed by atoms with Gasteiger partial charge in [0.1, 0.15) is 6.61 Å². The fraction of sp³-hybridized carbons (Fsp3) is 0.267. The lowest BCUT2D eigenvalue weighted by atomic mass is 10.1. The third kappa shape index (κ3) is 5.68. The summed E-state index contributed by atoms with van der Waals surface area (Å²) in [7, 11) is 0. The van der Waals surface area contributed by atoms with Gasteiger partial charge in [0, 0.05) is 12.3 Å². The van der Waals surface area contributed by atoms with E-state index in [0.717, 1.165) is 29.7 Å². The van der Waals surface area contributed by atoms with Crippen LogP contribution in [0.15, 0.2) is 29.6 Å². The summed E-state index contributed by atoms with van der Waals surface area (Å²) < 4.78 is 4.91. The zero-order valence-corrected chi connectivity index (χ0v) is 13.5. The summed E-state index contributed by atoms with van der Waals surface area (Å²) in [5.41, 5.74) is 4.86. The highest BCUT2D eigenvalue weighted by Gasteiger charge is 2.05. The first-order valence-electron chi connectivity index (χ1n) is 7.00. The third-order valence-corrected chi connectivity index (χ3v) is 3.79. The van der Waals surface area contributed by atoms with Gasteiger partial charge in [-0.05, 0) is 24.0 Å². The van der Waals surface area contributed by atoms with Gasteiger partial charge in [-0.25, -0.2) is 15.6 Å². The highest BCUT2D eigenvalue weighted by atomic mass is 32.1. The standard InChI is InChI=1S/C15H18N4O3S/c1-10(20)17-14-18-13(9-23-14)6-5-11-3-2-4-12(7-11)8-22-15(21)19-16/h2-4,7,9H,5-6,8,16H2,1H3,(H,19,21)(H,17,18,20). The van der Waals surface area contributed by atoms with E-state index in [1.54, 1.807) is 0 Å². The molecule has 23 heavy (non-hydrogen) atoms. The Morgan fingerprint density at radius 2 is 2.09 bits per heavy atom. The molecule has 2 amide bonds. The zero-order chi connectivity index (χ0) is 16.7. The first-order valence-corrected chi connectivity index (χ1v) is 7.88. The molecule has 1 heterocycles. The van der Waals surface area contributed by atoms with Crippen molar-refractivity contribution in [1.29, 1.82) is 0 Å². The number of carbonyl (C=O) groups is 2. The quantitative estimate of drug-likeness (QED) is 0.425. The molecule has 4 N–H and O–H groups in total. The number of nitrogens with one attached hydrogen (secondary N) is 2. The summed E-state index contributed by atoms with van der Waals surface area (Å²) >= 11 is 1.41. The lowest BCUT2D eigenvalue weighted by Crippen LogP contribution is -2.30. The highest BCUT2D eigenvalue weighted by molar-refractivity contribution is 7.13. The summed E-state index contributed by atoms with van der Waals surface area (Å²) in [5.74, 6) is 4.83. The van der Waals surface area contributed by atoms with Gasteiger partial charge >= 0.3 is 6.09 Å². The highest BCUT2D eigenvalue weighted by Crippen LogP contribution is 2.17. The van der Waals surface area contributed by atoms with Crippen LogP contribution in [0, 0.1) is 0 Å². The van der Waals surface area contributed by atoms with E-state index in [2.05, 4.69) is 10.3 Å². The van der Waals surface area contributed by atoms with Crippen molar-refractivity contribution in [2.45, 2.75) is 26.4 Å². The molecule has 122 valence electrons. The van der Waals surface area contributed by atoms with Crippen LogP contribution in [0.1, 0.15) is 23.7 Å². The average molecular weight is 334 g/mol. The molecule has 0 aliphatic heterocycles. The number of anilines is 1. The summed E-state index contributed by atoms with van der Waals surface area (Å²) in [5, 5.41) is 5.22. The van der Waals surface area contributed by atoms with E-state index >= 15 is 0 Å². The third-order valence-electron chi connectivity index (χ3n) is 2.98. The number of benzene rings is 1. The second-order valence-electron chi connectivity index (χ2n) is 4.87. The summed E-state index contributed by atoms with van der Waals surface area (Å²) in [6.07, 6.45) is 0.910. The Balaban J connectivity index is 1.89. The maximum atomic E-state index is 11.0. The van der Waals surface area contributed by atoms with Crippen LogP contribution < -0.4 is 16.6 Å². The number of thiazole rings is 1. The molecule has 0 fully saturated rings. The Hall–Kier alpha value is -2.45. The Labute approximate surface area is 137 Å². The van der Waals surface area contributed by atoms with Gasteiger partial charge in [0.2, 0.25) is 5.91 Å². The molecule has 0 aliphatic carbocycles. The molecule has 8 heteroatoms. The lowest BCUT2D eigenvalue weighted by Gasteiger charge is -2.06. The zero-order valence-electron chi connectivity index (χ0n) is 12.7. The van der Waals surface area contributed by atoms with Crippen molar-refractivity contribution in [2.75, 3.05) is 5.32 Å². The fourth-order valence-electron chi connectivity index (χ4n) is 1.97. The number of carbonyl (C=O) groups excluding carboxylic acids is 2. The molecule has 1 aromatic carbocycles. The van der Waals surface area contributed by atoms with Gasteiger partial charge in [-0.2, -0.15) is 0 Å². The molecule has 0 saturated carbocycles. The minimum absolute atomic E-state index is 0.125. The molecule has 2 rings (SSSR count). The number of aromatic nitrogens is 1. The van der Waals surface area contributed by atoms with Crippen LogP contribution in [0.25, 0.3) is 0 Å². The Morgan fingerprint density at radius 1 is 1.30 bits per heavy atom. The van der Waals surface area contributed by atoms with E-state index in [1.165, 1.54) is 18.3 Å². The van der Waals surface area contributed by atoms with Crippen LogP contribution >= 0.6 is 11.3 Å².